The molecule has 2 N–H and O–H groups in total. The molecule has 0 aliphatic carbocycles. The molecule has 2 atom stereocenters. The number of nitrogens with zero attached hydrogens (tertiary/aromatic N) is 1. The molecule has 104 valence electrons. The largest absolute Gasteiger partial charge is 0.338 e. The summed E-state index contributed by atoms with van der Waals surface area (Å²) in [6.45, 7) is 4.10. The van der Waals surface area contributed by atoms with Gasteiger partial charge >= 0.3 is 0 Å². The number of amides is 1. The number of hydrogen-bond donors (Lipinski definition) is 1. The summed E-state index contributed by atoms with van der Waals surface area (Å²) in [4.78, 5) is 14.2. The molecule has 1 aliphatic heterocycles. The molecule has 1 saturated heterocycles. The molecule has 1 aliphatic rings. The first-order chi connectivity index (χ1) is 9.02. The van der Waals surface area contributed by atoms with Gasteiger partial charge in [-0.1, -0.05) is 6.92 Å². The van der Waals surface area contributed by atoms with Crippen LogP contribution in [0.25, 0.3) is 0 Å². The van der Waals surface area contributed by atoms with Gasteiger partial charge in [-0.3, -0.25) is 4.79 Å². The second-order valence-corrected chi connectivity index (χ2v) is 5.99. The standard InChI is InChI=1S/C14H18BrFN2O/c1-9-4-5-18(8-10(9)7-17)14(19)12-6-11(16)2-3-13(12)15/h2-3,6,9-10H,4-5,7-8,17H2,1H3. The third-order valence-electron chi connectivity index (χ3n) is 3.86. The van der Waals surface area contributed by atoms with Crippen molar-refractivity contribution in [2.24, 2.45) is 17.6 Å². The van der Waals surface area contributed by atoms with Gasteiger partial charge in [-0.05, 0) is 58.9 Å². The molecule has 1 fully saturated rings. The number of benzene rings is 1. The lowest BCUT2D eigenvalue weighted by molar-refractivity contribution is 0.0617. The Labute approximate surface area is 121 Å². The van der Waals surface area contributed by atoms with Crippen molar-refractivity contribution in [1.29, 1.82) is 0 Å². The molecule has 1 aromatic rings. The molecular formula is C14H18BrFN2O. The summed E-state index contributed by atoms with van der Waals surface area (Å²) < 4.78 is 13.9. The Morgan fingerprint density at radius 1 is 1.58 bits per heavy atom. The molecule has 0 saturated carbocycles. The summed E-state index contributed by atoms with van der Waals surface area (Å²) in [5, 5.41) is 0. The van der Waals surface area contributed by atoms with Crippen LogP contribution >= 0.6 is 15.9 Å². The second-order valence-electron chi connectivity index (χ2n) is 5.14. The van der Waals surface area contributed by atoms with Crippen molar-refractivity contribution in [3.05, 3.63) is 34.1 Å². The van der Waals surface area contributed by atoms with Crippen LogP contribution in [-0.2, 0) is 0 Å². The molecule has 0 aromatic heterocycles. The number of hydrogen-bond acceptors (Lipinski definition) is 2. The first-order valence-electron chi connectivity index (χ1n) is 6.47. The fourth-order valence-corrected chi connectivity index (χ4v) is 2.89. The highest BCUT2D eigenvalue weighted by Crippen LogP contribution is 2.26. The van der Waals surface area contributed by atoms with Crippen molar-refractivity contribution in [3.8, 4) is 0 Å². The quantitative estimate of drug-likeness (QED) is 0.907. The van der Waals surface area contributed by atoms with Crippen LogP contribution < -0.4 is 5.73 Å². The topological polar surface area (TPSA) is 46.3 Å². The van der Waals surface area contributed by atoms with Crippen LogP contribution in [0.1, 0.15) is 23.7 Å². The van der Waals surface area contributed by atoms with E-state index in [-0.39, 0.29) is 5.91 Å². The first-order valence-corrected chi connectivity index (χ1v) is 7.26. The molecule has 19 heavy (non-hydrogen) atoms. The molecule has 0 radical (unpaired) electrons. The normalized spacial score (nSPS) is 23.5. The Hall–Kier alpha value is -0.940. The van der Waals surface area contributed by atoms with E-state index in [0.717, 1.165) is 6.42 Å². The van der Waals surface area contributed by atoms with Gasteiger partial charge < -0.3 is 10.6 Å². The van der Waals surface area contributed by atoms with E-state index in [1.54, 1.807) is 11.0 Å². The maximum Gasteiger partial charge on any atom is 0.255 e. The summed E-state index contributed by atoms with van der Waals surface area (Å²) in [6, 6.07) is 4.18. The Bertz CT molecular complexity index is 481. The van der Waals surface area contributed by atoms with E-state index in [4.69, 9.17) is 5.73 Å². The van der Waals surface area contributed by atoms with E-state index >= 15 is 0 Å². The number of likely N-dealkylation sites (tertiary alicyclic amines) is 1. The summed E-state index contributed by atoms with van der Waals surface area (Å²) in [6.07, 6.45) is 0.945. The van der Waals surface area contributed by atoms with Crippen molar-refractivity contribution in [2.45, 2.75) is 13.3 Å². The first kappa shape index (κ1) is 14.5. The molecule has 5 heteroatoms. The van der Waals surface area contributed by atoms with Crippen LogP contribution in [0.4, 0.5) is 4.39 Å². The summed E-state index contributed by atoms with van der Waals surface area (Å²) >= 11 is 3.30. The highest BCUT2D eigenvalue weighted by molar-refractivity contribution is 9.10. The Morgan fingerprint density at radius 2 is 2.32 bits per heavy atom. The maximum absolute atomic E-state index is 13.3. The Kier molecular flexibility index (Phi) is 4.58. The van der Waals surface area contributed by atoms with Gasteiger partial charge in [-0.2, -0.15) is 0 Å². The highest BCUT2D eigenvalue weighted by atomic mass is 79.9. The molecule has 2 rings (SSSR count). The monoisotopic (exact) mass is 328 g/mol. The fourth-order valence-electron chi connectivity index (χ4n) is 2.47. The average molecular weight is 329 g/mol. The molecule has 1 amide bonds. The van der Waals surface area contributed by atoms with Gasteiger partial charge in [-0.25, -0.2) is 4.39 Å². The molecule has 0 bridgehead atoms. The van der Waals surface area contributed by atoms with Crippen LogP contribution in [0.15, 0.2) is 22.7 Å². The van der Waals surface area contributed by atoms with E-state index in [1.807, 2.05) is 0 Å². The van der Waals surface area contributed by atoms with Crippen molar-refractivity contribution in [1.82, 2.24) is 4.90 Å². The summed E-state index contributed by atoms with van der Waals surface area (Å²) in [7, 11) is 0. The van der Waals surface area contributed by atoms with Crippen LogP contribution in [0, 0.1) is 17.7 Å². The van der Waals surface area contributed by atoms with Gasteiger partial charge in [-0.15, -0.1) is 0 Å². The lowest BCUT2D eigenvalue weighted by atomic mass is 9.87. The Balaban J connectivity index is 2.18. The minimum Gasteiger partial charge on any atom is -0.338 e. The molecule has 2 unspecified atom stereocenters. The Morgan fingerprint density at radius 3 is 3.00 bits per heavy atom. The zero-order chi connectivity index (χ0) is 14.0. The third-order valence-corrected chi connectivity index (χ3v) is 4.55. The van der Waals surface area contributed by atoms with E-state index in [2.05, 4.69) is 22.9 Å². The lowest BCUT2D eigenvalue weighted by Gasteiger charge is -2.36. The van der Waals surface area contributed by atoms with Gasteiger partial charge in [0.15, 0.2) is 0 Å². The van der Waals surface area contributed by atoms with E-state index in [9.17, 15) is 9.18 Å². The zero-order valence-electron chi connectivity index (χ0n) is 10.9. The van der Waals surface area contributed by atoms with E-state index in [1.165, 1.54) is 12.1 Å². The van der Waals surface area contributed by atoms with Gasteiger partial charge in [0.05, 0.1) is 5.56 Å². The van der Waals surface area contributed by atoms with Gasteiger partial charge in [0, 0.05) is 17.6 Å². The van der Waals surface area contributed by atoms with Crippen LogP contribution in [-0.4, -0.2) is 30.4 Å². The molecule has 3 nitrogen and oxygen atoms in total. The molecule has 1 aromatic carbocycles. The number of carbonyl (C=O) groups excluding carboxylic acids is 1. The SMILES string of the molecule is CC1CCN(C(=O)c2cc(F)ccc2Br)CC1CN. The van der Waals surface area contributed by atoms with Gasteiger partial charge in [0.25, 0.3) is 5.91 Å². The number of halogens is 2. The molecule has 1 heterocycles. The van der Waals surface area contributed by atoms with Gasteiger partial charge in [0.2, 0.25) is 0 Å². The highest BCUT2D eigenvalue weighted by Gasteiger charge is 2.29. The van der Waals surface area contributed by atoms with Crippen LogP contribution in [0.3, 0.4) is 0 Å². The average Bonchev–Trinajstić information content (AvgIpc) is 2.41. The van der Waals surface area contributed by atoms with Crippen molar-refractivity contribution < 1.29 is 9.18 Å². The van der Waals surface area contributed by atoms with E-state index in [0.29, 0.717) is 41.5 Å². The maximum atomic E-state index is 13.3. The minimum absolute atomic E-state index is 0.128. The molecule has 0 spiro atoms. The van der Waals surface area contributed by atoms with Crippen molar-refractivity contribution in [2.75, 3.05) is 19.6 Å². The smallest absolute Gasteiger partial charge is 0.255 e. The fraction of sp³-hybridized carbons (Fsp3) is 0.500. The van der Waals surface area contributed by atoms with Crippen molar-refractivity contribution >= 4 is 21.8 Å². The zero-order valence-corrected chi connectivity index (χ0v) is 12.5. The second kappa shape index (κ2) is 6.01. The predicted molar refractivity (Wildman–Crippen MR) is 76.3 cm³/mol. The lowest BCUT2D eigenvalue weighted by Crippen LogP contribution is -2.45. The van der Waals surface area contributed by atoms with Crippen LogP contribution in [0.2, 0.25) is 0 Å². The summed E-state index contributed by atoms with van der Waals surface area (Å²) in [5.41, 5.74) is 6.12. The molecular weight excluding hydrogens is 311 g/mol. The van der Waals surface area contributed by atoms with Gasteiger partial charge in [0.1, 0.15) is 5.82 Å². The van der Waals surface area contributed by atoms with E-state index < -0.39 is 5.82 Å². The number of rotatable bonds is 2. The number of nitrogens with two attached hydrogens (primary N) is 1. The third kappa shape index (κ3) is 3.15. The summed E-state index contributed by atoms with van der Waals surface area (Å²) in [5.74, 6) is 0.332. The number of carbonyl (C=O) groups is 1. The van der Waals surface area contributed by atoms with Crippen molar-refractivity contribution in [3.63, 3.8) is 0 Å². The minimum atomic E-state index is -0.396. The number of piperidine rings is 1. The van der Waals surface area contributed by atoms with Crippen LogP contribution in [0.5, 0.6) is 0 Å². The predicted octanol–water partition coefficient (Wildman–Crippen LogP) is 2.65.